The quantitative estimate of drug-likeness (QED) is 0.908. The minimum atomic E-state index is -0.753. The average molecular weight is 305 g/mol. The zero-order valence-corrected chi connectivity index (χ0v) is 13.0. The molecule has 1 aliphatic heterocycles. The third kappa shape index (κ3) is 4.48. The number of nitrogens with zero attached hydrogens (tertiary/aromatic N) is 1. The summed E-state index contributed by atoms with van der Waals surface area (Å²) in [5, 5.41) is 8.89. The number of carbonyl (C=O) groups excluding carboxylic acids is 1. The molecule has 1 saturated heterocycles. The first-order chi connectivity index (χ1) is 10.6. The van der Waals surface area contributed by atoms with Gasteiger partial charge in [-0.05, 0) is 56.4 Å². The van der Waals surface area contributed by atoms with Gasteiger partial charge >= 0.3 is 5.97 Å². The number of aliphatic carboxylic acids is 1. The molecule has 2 rings (SSSR count). The molecule has 1 amide bonds. The molecule has 0 saturated carbocycles. The Morgan fingerprint density at radius 1 is 1.23 bits per heavy atom. The fourth-order valence-electron chi connectivity index (χ4n) is 2.86. The van der Waals surface area contributed by atoms with Crippen molar-refractivity contribution in [1.29, 1.82) is 0 Å². The summed E-state index contributed by atoms with van der Waals surface area (Å²) in [5.41, 5.74) is 0.653. The van der Waals surface area contributed by atoms with Crippen molar-refractivity contribution in [3.05, 3.63) is 29.8 Å². The summed E-state index contributed by atoms with van der Waals surface area (Å²) in [4.78, 5) is 25.2. The van der Waals surface area contributed by atoms with Gasteiger partial charge in [0, 0.05) is 25.1 Å². The van der Waals surface area contributed by atoms with Crippen molar-refractivity contribution < 1.29 is 19.4 Å². The molecule has 0 spiro atoms. The summed E-state index contributed by atoms with van der Waals surface area (Å²) in [6, 6.07) is 7.18. The number of ether oxygens (including phenoxy) is 1. The first kappa shape index (κ1) is 16.3. The molecule has 0 aliphatic carbocycles. The van der Waals surface area contributed by atoms with Gasteiger partial charge in [-0.3, -0.25) is 9.59 Å². The van der Waals surface area contributed by atoms with Crippen molar-refractivity contribution in [2.75, 3.05) is 19.7 Å². The number of carboxylic acids is 1. The fourth-order valence-corrected chi connectivity index (χ4v) is 2.86. The predicted molar refractivity (Wildman–Crippen MR) is 83.1 cm³/mol. The smallest absolute Gasteiger partial charge is 0.303 e. The Bertz CT molecular complexity index is 512. The van der Waals surface area contributed by atoms with Crippen LogP contribution >= 0.6 is 0 Å². The van der Waals surface area contributed by atoms with Crippen LogP contribution in [-0.2, 0) is 4.79 Å². The molecule has 5 nitrogen and oxygen atoms in total. The van der Waals surface area contributed by atoms with E-state index in [0.717, 1.165) is 25.0 Å². The van der Waals surface area contributed by atoms with E-state index in [1.807, 2.05) is 24.0 Å². The van der Waals surface area contributed by atoms with Gasteiger partial charge in [0.15, 0.2) is 0 Å². The zero-order chi connectivity index (χ0) is 15.9. The van der Waals surface area contributed by atoms with Crippen LogP contribution in [0.4, 0.5) is 0 Å². The molecule has 1 atom stereocenters. The maximum Gasteiger partial charge on any atom is 0.303 e. The van der Waals surface area contributed by atoms with E-state index in [0.29, 0.717) is 25.3 Å². The topological polar surface area (TPSA) is 66.8 Å². The largest absolute Gasteiger partial charge is 0.494 e. The molecule has 0 radical (unpaired) electrons. The van der Waals surface area contributed by atoms with Gasteiger partial charge in [-0.15, -0.1) is 0 Å². The van der Waals surface area contributed by atoms with E-state index < -0.39 is 5.97 Å². The van der Waals surface area contributed by atoms with E-state index in [-0.39, 0.29) is 18.2 Å². The van der Waals surface area contributed by atoms with E-state index in [1.54, 1.807) is 12.1 Å². The van der Waals surface area contributed by atoms with Crippen LogP contribution in [0.25, 0.3) is 0 Å². The molecule has 0 aromatic heterocycles. The van der Waals surface area contributed by atoms with Gasteiger partial charge < -0.3 is 14.7 Å². The third-order valence-electron chi connectivity index (χ3n) is 4.01. The normalized spacial score (nSPS) is 18.6. The van der Waals surface area contributed by atoms with Crippen molar-refractivity contribution in [2.45, 2.75) is 32.6 Å². The van der Waals surface area contributed by atoms with Gasteiger partial charge in [-0.25, -0.2) is 0 Å². The summed E-state index contributed by atoms with van der Waals surface area (Å²) >= 11 is 0. The Morgan fingerprint density at radius 2 is 1.95 bits per heavy atom. The van der Waals surface area contributed by atoms with Crippen LogP contribution in [0.15, 0.2) is 24.3 Å². The van der Waals surface area contributed by atoms with Crippen LogP contribution in [0.2, 0.25) is 0 Å². The monoisotopic (exact) mass is 305 g/mol. The van der Waals surface area contributed by atoms with E-state index in [4.69, 9.17) is 9.84 Å². The van der Waals surface area contributed by atoms with Crippen LogP contribution in [0, 0.1) is 5.92 Å². The van der Waals surface area contributed by atoms with Crippen molar-refractivity contribution in [3.8, 4) is 5.75 Å². The minimum absolute atomic E-state index is 0.0130. The molecule has 1 N–H and O–H groups in total. The molecule has 0 bridgehead atoms. The summed E-state index contributed by atoms with van der Waals surface area (Å²) in [5.74, 6) is 0.197. The molecule has 1 unspecified atom stereocenters. The lowest BCUT2D eigenvalue weighted by molar-refractivity contribution is -0.138. The molecule has 1 aliphatic rings. The number of likely N-dealkylation sites (tertiary alicyclic amines) is 1. The van der Waals surface area contributed by atoms with E-state index in [2.05, 4.69) is 0 Å². The van der Waals surface area contributed by atoms with Crippen molar-refractivity contribution in [1.82, 2.24) is 4.90 Å². The van der Waals surface area contributed by atoms with E-state index in [9.17, 15) is 9.59 Å². The third-order valence-corrected chi connectivity index (χ3v) is 4.01. The lowest BCUT2D eigenvalue weighted by Gasteiger charge is -2.20. The number of amides is 1. The SMILES string of the molecule is CCOc1ccc(C(=O)N2CCCC(CC(=O)O)CC2)cc1. The lowest BCUT2D eigenvalue weighted by Crippen LogP contribution is -2.32. The summed E-state index contributed by atoms with van der Waals surface area (Å²) in [7, 11) is 0. The minimum Gasteiger partial charge on any atom is -0.494 e. The summed E-state index contributed by atoms with van der Waals surface area (Å²) in [6.45, 7) is 3.85. The Hall–Kier alpha value is -2.04. The predicted octanol–water partition coefficient (Wildman–Crippen LogP) is 2.80. The molecular formula is C17H23NO4. The number of carboxylic acid groups (broad SMARTS) is 1. The lowest BCUT2D eigenvalue weighted by atomic mass is 9.97. The van der Waals surface area contributed by atoms with E-state index >= 15 is 0 Å². The first-order valence-corrected chi connectivity index (χ1v) is 7.84. The summed E-state index contributed by atoms with van der Waals surface area (Å²) in [6.07, 6.45) is 2.69. The van der Waals surface area contributed by atoms with Gasteiger partial charge in [-0.1, -0.05) is 0 Å². The number of hydrogen-bond donors (Lipinski definition) is 1. The number of benzene rings is 1. The van der Waals surface area contributed by atoms with Gasteiger partial charge in [0.1, 0.15) is 5.75 Å². The number of rotatable bonds is 5. The van der Waals surface area contributed by atoms with Crippen molar-refractivity contribution >= 4 is 11.9 Å². The van der Waals surface area contributed by atoms with Crippen LogP contribution in [0.1, 0.15) is 43.0 Å². The zero-order valence-electron chi connectivity index (χ0n) is 13.0. The Morgan fingerprint density at radius 3 is 2.59 bits per heavy atom. The highest BCUT2D eigenvalue weighted by Crippen LogP contribution is 2.22. The number of hydrogen-bond acceptors (Lipinski definition) is 3. The standard InChI is InChI=1S/C17H23NO4/c1-2-22-15-7-5-14(6-8-15)17(21)18-10-3-4-13(9-11-18)12-16(19)20/h5-8,13H,2-4,9-12H2,1H3,(H,19,20). The fraction of sp³-hybridized carbons (Fsp3) is 0.529. The number of carbonyl (C=O) groups is 2. The average Bonchev–Trinajstić information content (AvgIpc) is 2.73. The van der Waals surface area contributed by atoms with Crippen molar-refractivity contribution in [3.63, 3.8) is 0 Å². The van der Waals surface area contributed by atoms with E-state index in [1.165, 1.54) is 0 Å². The van der Waals surface area contributed by atoms with Crippen LogP contribution in [0.3, 0.4) is 0 Å². The Labute approximate surface area is 130 Å². The maximum absolute atomic E-state index is 12.5. The van der Waals surface area contributed by atoms with Crippen LogP contribution < -0.4 is 4.74 Å². The second-order valence-corrected chi connectivity index (χ2v) is 5.64. The first-order valence-electron chi connectivity index (χ1n) is 7.84. The molecule has 1 heterocycles. The van der Waals surface area contributed by atoms with Crippen LogP contribution in [0.5, 0.6) is 5.75 Å². The molecule has 1 fully saturated rings. The molecule has 5 heteroatoms. The molecule has 120 valence electrons. The highest BCUT2D eigenvalue weighted by molar-refractivity contribution is 5.94. The molecular weight excluding hydrogens is 282 g/mol. The Balaban J connectivity index is 1.95. The second-order valence-electron chi connectivity index (χ2n) is 5.64. The van der Waals surface area contributed by atoms with Crippen LogP contribution in [-0.4, -0.2) is 41.6 Å². The highest BCUT2D eigenvalue weighted by atomic mass is 16.5. The van der Waals surface area contributed by atoms with Gasteiger partial charge in [0.05, 0.1) is 6.61 Å². The highest BCUT2D eigenvalue weighted by Gasteiger charge is 2.22. The molecule has 1 aromatic carbocycles. The maximum atomic E-state index is 12.5. The summed E-state index contributed by atoms with van der Waals surface area (Å²) < 4.78 is 5.38. The molecule has 22 heavy (non-hydrogen) atoms. The van der Waals surface area contributed by atoms with Gasteiger partial charge in [0.25, 0.3) is 5.91 Å². The Kier molecular flexibility index (Phi) is 5.81. The second kappa shape index (κ2) is 7.82. The van der Waals surface area contributed by atoms with Gasteiger partial charge in [0.2, 0.25) is 0 Å². The molecule has 1 aromatic rings. The van der Waals surface area contributed by atoms with Crippen molar-refractivity contribution in [2.24, 2.45) is 5.92 Å². The van der Waals surface area contributed by atoms with Gasteiger partial charge in [-0.2, -0.15) is 0 Å².